The largest absolute Gasteiger partial charge is 0.378 e. The molecule has 2 aliphatic heterocycles. The van der Waals surface area contributed by atoms with Crippen LogP contribution in [0.2, 0.25) is 0 Å². The molecule has 0 bridgehead atoms. The van der Waals surface area contributed by atoms with Gasteiger partial charge in [-0.25, -0.2) is 0 Å². The van der Waals surface area contributed by atoms with Gasteiger partial charge in [0.15, 0.2) is 0 Å². The number of likely N-dealkylation sites (tertiary alicyclic amines) is 1. The van der Waals surface area contributed by atoms with Crippen LogP contribution in [-0.4, -0.2) is 61.1 Å². The van der Waals surface area contributed by atoms with E-state index in [9.17, 15) is 4.79 Å². The Morgan fingerprint density at radius 2 is 1.89 bits per heavy atom. The fourth-order valence-electron chi connectivity index (χ4n) is 4.78. The van der Waals surface area contributed by atoms with E-state index in [1.807, 2.05) is 4.90 Å². The molecule has 1 amide bonds. The molecule has 1 saturated carbocycles. The second kappa shape index (κ2) is 8.13. The summed E-state index contributed by atoms with van der Waals surface area (Å²) in [6.45, 7) is 5.23. The highest BCUT2D eigenvalue weighted by atomic mass is 32.1. The van der Waals surface area contributed by atoms with Crippen molar-refractivity contribution in [1.29, 1.82) is 0 Å². The first-order chi connectivity index (χ1) is 13.8. The maximum Gasteiger partial charge on any atom is 0.264 e. The number of hydrogen-bond donors (Lipinski definition) is 0. The minimum absolute atomic E-state index is 0.212. The van der Waals surface area contributed by atoms with Crippen molar-refractivity contribution in [3.05, 3.63) is 34.7 Å². The van der Waals surface area contributed by atoms with Crippen LogP contribution in [0.15, 0.2) is 24.3 Å². The zero-order valence-corrected chi connectivity index (χ0v) is 17.4. The molecule has 2 aromatic rings. The van der Waals surface area contributed by atoms with Gasteiger partial charge in [-0.05, 0) is 61.6 Å². The smallest absolute Gasteiger partial charge is 0.264 e. The number of morpholine rings is 1. The highest BCUT2D eigenvalue weighted by Crippen LogP contribution is 2.37. The first kappa shape index (κ1) is 18.6. The summed E-state index contributed by atoms with van der Waals surface area (Å²) < 4.78 is 6.70. The van der Waals surface area contributed by atoms with Crippen LogP contribution in [0.25, 0.3) is 10.1 Å². The van der Waals surface area contributed by atoms with Crippen molar-refractivity contribution in [3.8, 4) is 0 Å². The Kier molecular flexibility index (Phi) is 5.40. The fourth-order valence-corrected chi connectivity index (χ4v) is 5.98. The molecule has 0 unspecified atom stereocenters. The molecular weight excluding hydrogens is 368 g/mol. The quantitative estimate of drug-likeness (QED) is 0.757. The summed E-state index contributed by atoms with van der Waals surface area (Å²) in [5, 5.41) is 1.29. The van der Waals surface area contributed by atoms with Gasteiger partial charge in [-0.2, -0.15) is 0 Å². The van der Waals surface area contributed by atoms with Crippen molar-refractivity contribution < 1.29 is 9.53 Å². The van der Waals surface area contributed by atoms with Crippen molar-refractivity contribution in [3.63, 3.8) is 0 Å². The second-order valence-corrected chi connectivity index (χ2v) is 9.65. The van der Waals surface area contributed by atoms with Gasteiger partial charge in [0.1, 0.15) is 0 Å². The summed E-state index contributed by atoms with van der Waals surface area (Å²) in [5.74, 6) is 1.14. The number of thiophene rings is 1. The molecule has 0 N–H and O–H groups in total. The van der Waals surface area contributed by atoms with Gasteiger partial charge in [0.2, 0.25) is 0 Å². The van der Waals surface area contributed by atoms with Crippen molar-refractivity contribution >= 4 is 27.3 Å². The van der Waals surface area contributed by atoms with Gasteiger partial charge in [-0.3, -0.25) is 9.69 Å². The lowest BCUT2D eigenvalue weighted by Crippen LogP contribution is -2.43. The highest BCUT2D eigenvalue weighted by molar-refractivity contribution is 7.21. The summed E-state index contributed by atoms with van der Waals surface area (Å²) in [7, 11) is 0. The molecule has 1 aromatic carbocycles. The number of ether oxygens (including phenoxy) is 1. The first-order valence-corrected chi connectivity index (χ1v) is 11.7. The lowest BCUT2D eigenvalue weighted by molar-refractivity contribution is 0.0305. The van der Waals surface area contributed by atoms with Gasteiger partial charge in [0.25, 0.3) is 5.91 Å². The van der Waals surface area contributed by atoms with E-state index in [0.29, 0.717) is 32.3 Å². The maximum atomic E-state index is 13.4. The first-order valence-electron chi connectivity index (χ1n) is 10.9. The van der Waals surface area contributed by atoms with E-state index in [4.69, 9.17) is 4.74 Å². The molecule has 3 aliphatic rings. The van der Waals surface area contributed by atoms with E-state index in [1.165, 1.54) is 60.8 Å². The summed E-state index contributed by atoms with van der Waals surface area (Å²) in [5.41, 5.74) is 1.30. The third-order valence-corrected chi connectivity index (χ3v) is 7.77. The molecule has 0 spiro atoms. The molecule has 5 heteroatoms. The van der Waals surface area contributed by atoms with E-state index < -0.39 is 0 Å². The van der Waals surface area contributed by atoms with Crippen LogP contribution >= 0.6 is 11.3 Å². The number of carbonyl (C=O) groups excluding carboxylic acids is 1. The summed E-state index contributed by atoms with van der Waals surface area (Å²) in [4.78, 5) is 19.1. The molecule has 28 heavy (non-hydrogen) atoms. The van der Waals surface area contributed by atoms with E-state index in [2.05, 4.69) is 29.2 Å². The SMILES string of the molecule is O=C(c1sc2ccccc2c1C[C@@H]1CCCCN1CC1CC1)N1CCOCC1. The minimum Gasteiger partial charge on any atom is -0.378 e. The average Bonchev–Trinajstić information content (AvgIpc) is 3.49. The van der Waals surface area contributed by atoms with Crippen LogP contribution in [0.5, 0.6) is 0 Å². The molecule has 4 nitrogen and oxygen atoms in total. The summed E-state index contributed by atoms with van der Waals surface area (Å²) in [6, 6.07) is 9.17. The Morgan fingerprint density at radius 3 is 2.71 bits per heavy atom. The molecule has 5 rings (SSSR count). The molecule has 1 aromatic heterocycles. The number of benzene rings is 1. The van der Waals surface area contributed by atoms with Gasteiger partial charge >= 0.3 is 0 Å². The number of rotatable bonds is 5. The van der Waals surface area contributed by atoms with Crippen LogP contribution < -0.4 is 0 Å². The topological polar surface area (TPSA) is 32.8 Å². The predicted octanol–water partition coefficient (Wildman–Crippen LogP) is 4.18. The molecule has 1 atom stereocenters. The Labute approximate surface area is 171 Å². The van der Waals surface area contributed by atoms with Gasteiger partial charge in [0, 0.05) is 30.4 Å². The molecule has 2 saturated heterocycles. The van der Waals surface area contributed by atoms with Crippen LogP contribution in [0.1, 0.15) is 47.3 Å². The third-order valence-electron chi connectivity index (χ3n) is 6.57. The normalized spacial score (nSPS) is 24.0. The van der Waals surface area contributed by atoms with E-state index in [1.54, 1.807) is 11.3 Å². The molecule has 1 aliphatic carbocycles. The molecule has 0 radical (unpaired) electrons. The zero-order valence-electron chi connectivity index (χ0n) is 16.6. The Bertz CT molecular complexity index is 838. The number of carbonyl (C=O) groups is 1. The van der Waals surface area contributed by atoms with Gasteiger partial charge in [0.05, 0.1) is 18.1 Å². The Morgan fingerprint density at radius 1 is 1.07 bits per heavy atom. The third kappa shape index (κ3) is 3.85. The average molecular weight is 399 g/mol. The van der Waals surface area contributed by atoms with Crippen molar-refractivity contribution in [1.82, 2.24) is 9.80 Å². The van der Waals surface area contributed by atoms with Gasteiger partial charge in [-0.1, -0.05) is 24.6 Å². The highest BCUT2D eigenvalue weighted by Gasteiger charge is 2.32. The van der Waals surface area contributed by atoms with E-state index in [-0.39, 0.29) is 5.91 Å². The number of piperidine rings is 1. The molecule has 150 valence electrons. The van der Waals surface area contributed by atoms with E-state index in [0.717, 1.165) is 17.2 Å². The van der Waals surface area contributed by atoms with Crippen LogP contribution in [0, 0.1) is 5.92 Å². The van der Waals surface area contributed by atoms with Gasteiger partial charge < -0.3 is 9.64 Å². The minimum atomic E-state index is 0.212. The Balaban J connectivity index is 1.45. The molecule has 3 heterocycles. The predicted molar refractivity (Wildman–Crippen MR) is 114 cm³/mol. The van der Waals surface area contributed by atoms with Crippen LogP contribution in [-0.2, 0) is 11.2 Å². The number of nitrogens with zero attached hydrogens (tertiary/aromatic N) is 2. The molecular formula is C23H30N2O2S. The zero-order chi connectivity index (χ0) is 18.9. The van der Waals surface area contributed by atoms with Crippen LogP contribution in [0.3, 0.4) is 0 Å². The lowest BCUT2D eigenvalue weighted by atomic mass is 9.93. The number of hydrogen-bond acceptors (Lipinski definition) is 4. The van der Waals surface area contributed by atoms with Crippen molar-refractivity contribution in [2.24, 2.45) is 5.92 Å². The van der Waals surface area contributed by atoms with Crippen LogP contribution in [0.4, 0.5) is 0 Å². The summed E-state index contributed by atoms with van der Waals surface area (Å²) >= 11 is 1.69. The lowest BCUT2D eigenvalue weighted by Gasteiger charge is -2.36. The van der Waals surface area contributed by atoms with E-state index >= 15 is 0 Å². The molecule has 3 fully saturated rings. The van der Waals surface area contributed by atoms with Gasteiger partial charge in [-0.15, -0.1) is 11.3 Å². The second-order valence-electron chi connectivity index (χ2n) is 8.60. The van der Waals surface area contributed by atoms with Crippen molar-refractivity contribution in [2.75, 3.05) is 39.4 Å². The maximum absolute atomic E-state index is 13.4. The Hall–Kier alpha value is -1.43. The fraction of sp³-hybridized carbons (Fsp3) is 0.609. The monoisotopic (exact) mass is 398 g/mol. The standard InChI is InChI=1S/C23H30N2O2S/c26-23(24-11-13-27-14-12-24)22-20(19-6-1-2-7-21(19)28-22)15-18-5-3-4-10-25(18)16-17-8-9-17/h1-2,6-7,17-18H,3-5,8-16H2/t18-/m0/s1. The number of fused-ring (bicyclic) bond motifs is 1. The summed E-state index contributed by atoms with van der Waals surface area (Å²) in [6.07, 6.45) is 7.74. The number of amides is 1. The van der Waals surface area contributed by atoms with Crippen molar-refractivity contribution in [2.45, 2.75) is 44.6 Å².